The predicted octanol–water partition coefficient (Wildman–Crippen LogP) is 4.07. The minimum absolute atomic E-state index is 0.288. The molecule has 1 aliphatic rings. The van der Waals surface area contributed by atoms with E-state index in [9.17, 15) is 4.39 Å². The lowest BCUT2D eigenvalue weighted by Gasteiger charge is -2.18. The number of hydrogen-bond acceptors (Lipinski definition) is 11. The van der Waals surface area contributed by atoms with Crippen molar-refractivity contribution in [2.24, 2.45) is 5.92 Å². The first-order chi connectivity index (χ1) is 20.4. The second-order valence-electron chi connectivity index (χ2n) is 10.1. The molecule has 42 heavy (non-hydrogen) atoms. The summed E-state index contributed by atoms with van der Waals surface area (Å²) in [5, 5.41) is 0. The molecule has 1 aromatic carbocycles. The number of anilines is 4. The van der Waals surface area contributed by atoms with Crippen molar-refractivity contribution in [1.82, 2.24) is 34.9 Å². The number of pyridine rings is 3. The summed E-state index contributed by atoms with van der Waals surface area (Å²) in [6.07, 6.45) is 8.81. The van der Waals surface area contributed by atoms with Gasteiger partial charge in [0.05, 0.1) is 16.7 Å². The maximum absolute atomic E-state index is 13.3. The van der Waals surface area contributed by atoms with Crippen LogP contribution in [0.25, 0.3) is 33.3 Å². The second-order valence-corrected chi connectivity index (χ2v) is 10.1. The summed E-state index contributed by atoms with van der Waals surface area (Å²) >= 11 is 0. The molecule has 12 heteroatoms. The van der Waals surface area contributed by atoms with E-state index in [1.807, 2.05) is 24.5 Å². The van der Waals surface area contributed by atoms with Gasteiger partial charge in [-0.3, -0.25) is 4.98 Å². The van der Waals surface area contributed by atoms with Gasteiger partial charge in [-0.1, -0.05) is 0 Å². The highest BCUT2D eigenvalue weighted by atomic mass is 19.1. The average molecular weight is 562 g/mol. The van der Waals surface area contributed by atoms with Crippen molar-refractivity contribution < 1.29 is 4.39 Å². The number of halogens is 1. The molecular formula is C30H28FN11. The van der Waals surface area contributed by atoms with E-state index in [1.165, 1.54) is 36.8 Å². The van der Waals surface area contributed by atoms with Crippen LogP contribution in [0.5, 0.6) is 0 Å². The van der Waals surface area contributed by atoms with Crippen molar-refractivity contribution in [1.29, 1.82) is 0 Å². The van der Waals surface area contributed by atoms with E-state index in [-0.39, 0.29) is 5.82 Å². The fourth-order valence-corrected chi connectivity index (χ4v) is 5.06. The summed E-state index contributed by atoms with van der Waals surface area (Å²) < 4.78 is 13.3. The second kappa shape index (κ2) is 11.5. The lowest BCUT2D eigenvalue weighted by atomic mass is 10.00. The molecule has 0 saturated carbocycles. The van der Waals surface area contributed by atoms with Crippen molar-refractivity contribution in [3.05, 3.63) is 91.0 Å². The Morgan fingerprint density at radius 2 is 1.48 bits per heavy atom. The molecule has 0 amide bonds. The molecule has 7 rings (SSSR count). The van der Waals surface area contributed by atoms with Crippen LogP contribution in [0.15, 0.2) is 79.6 Å². The molecule has 1 fully saturated rings. The number of benzene rings is 1. The third-order valence-electron chi connectivity index (χ3n) is 7.11. The molecule has 11 nitrogen and oxygen atoms in total. The highest BCUT2D eigenvalue weighted by Crippen LogP contribution is 2.27. The van der Waals surface area contributed by atoms with Gasteiger partial charge in [-0.2, -0.15) is 0 Å². The average Bonchev–Trinajstić information content (AvgIpc) is 3.46. The molecule has 6 heterocycles. The zero-order chi connectivity index (χ0) is 29.1. The molecule has 0 radical (unpaired) electrons. The van der Waals surface area contributed by atoms with Gasteiger partial charge in [-0.15, -0.1) is 0 Å². The summed E-state index contributed by atoms with van der Waals surface area (Å²) in [7, 11) is 0. The molecule has 0 spiro atoms. The molecule has 210 valence electrons. The number of fused-ring (bicyclic) bond motifs is 2. The summed E-state index contributed by atoms with van der Waals surface area (Å²) in [5.41, 5.74) is 22.7. The number of nitrogens with two attached hydrogens (primary N) is 3. The maximum Gasteiger partial charge on any atom is 0.153 e. The Labute approximate surface area is 240 Å². The van der Waals surface area contributed by atoms with Crippen molar-refractivity contribution in [3.63, 3.8) is 0 Å². The minimum atomic E-state index is -0.408. The van der Waals surface area contributed by atoms with Crippen molar-refractivity contribution in [2.45, 2.75) is 12.8 Å². The molecule has 1 aliphatic heterocycles. The molecule has 1 unspecified atom stereocenters. The van der Waals surface area contributed by atoms with Crippen LogP contribution in [0, 0.1) is 11.7 Å². The predicted molar refractivity (Wildman–Crippen MR) is 162 cm³/mol. The summed E-state index contributed by atoms with van der Waals surface area (Å²) in [5.74, 6) is 1.91. The third kappa shape index (κ3) is 5.82. The zero-order valence-electron chi connectivity index (χ0n) is 22.6. The van der Waals surface area contributed by atoms with Crippen LogP contribution in [0.1, 0.15) is 12.0 Å². The first-order valence-corrected chi connectivity index (χ1v) is 13.4. The van der Waals surface area contributed by atoms with Crippen LogP contribution < -0.4 is 22.1 Å². The summed E-state index contributed by atoms with van der Waals surface area (Å²) in [6.45, 7) is 2.02. The zero-order valence-corrected chi connectivity index (χ0v) is 22.6. The van der Waals surface area contributed by atoms with Crippen LogP contribution in [-0.4, -0.2) is 48.0 Å². The van der Waals surface area contributed by atoms with E-state index >= 15 is 0 Å². The highest BCUT2D eigenvalue weighted by molar-refractivity contribution is 5.86. The third-order valence-corrected chi connectivity index (χ3v) is 7.11. The van der Waals surface area contributed by atoms with E-state index in [4.69, 9.17) is 17.2 Å². The van der Waals surface area contributed by atoms with Crippen molar-refractivity contribution >= 4 is 45.2 Å². The van der Waals surface area contributed by atoms with Crippen molar-refractivity contribution in [3.8, 4) is 11.3 Å². The molecule has 1 saturated heterocycles. The normalized spacial score (nSPS) is 14.6. The van der Waals surface area contributed by atoms with E-state index < -0.39 is 5.82 Å². The molecule has 5 aromatic heterocycles. The van der Waals surface area contributed by atoms with E-state index in [0.29, 0.717) is 45.2 Å². The molecule has 0 aliphatic carbocycles. The SMILES string of the molecule is Nc1cc(F)cc(-c2ccc3ncnc(N)c3n2)c1.Nc1ncnc2ccc(N3CCC(Cc4ccncc4)C3)nc12. The Bertz CT molecular complexity index is 1850. The van der Waals surface area contributed by atoms with E-state index in [2.05, 4.69) is 51.9 Å². The van der Waals surface area contributed by atoms with E-state index in [0.717, 1.165) is 30.8 Å². The Morgan fingerprint density at radius 3 is 2.19 bits per heavy atom. The van der Waals surface area contributed by atoms with Gasteiger partial charge in [0.25, 0.3) is 0 Å². The highest BCUT2D eigenvalue weighted by Gasteiger charge is 2.24. The quantitative estimate of drug-likeness (QED) is 0.265. The van der Waals surface area contributed by atoms with Gasteiger partial charge in [0.15, 0.2) is 11.6 Å². The molecule has 6 aromatic rings. The molecular weight excluding hydrogens is 533 g/mol. The minimum Gasteiger partial charge on any atom is -0.399 e. The Morgan fingerprint density at radius 1 is 0.786 bits per heavy atom. The molecule has 6 N–H and O–H groups in total. The summed E-state index contributed by atoms with van der Waals surface area (Å²) in [4.78, 5) is 31.6. The topological polar surface area (TPSA) is 172 Å². The standard InChI is InChI=1S/C17H18N6.C13H10FN5/c18-17-16-14(20-11-21-17)1-2-15(22-16)23-8-5-13(10-23)9-12-3-6-19-7-4-12;14-8-3-7(4-9(15)5-8)10-1-2-11-12(19-10)13(16)18-6-17-11/h1-4,6-7,11,13H,5,8-10H2,(H2,18,20,21);1-6H,15H2,(H2,16,17,18). The number of nitrogen functional groups attached to an aromatic ring is 3. The van der Waals surface area contributed by atoms with E-state index in [1.54, 1.807) is 18.2 Å². The van der Waals surface area contributed by atoms with Crippen LogP contribution in [0.4, 0.5) is 27.5 Å². The van der Waals surface area contributed by atoms with Gasteiger partial charge in [0, 0.05) is 36.7 Å². The maximum atomic E-state index is 13.3. The van der Waals surface area contributed by atoms with Gasteiger partial charge in [0.2, 0.25) is 0 Å². The van der Waals surface area contributed by atoms with Gasteiger partial charge < -0.3 is 22.1 Å². The van der Waals surface area contributed by atoms with Gasteiger partial charge >= 0.3 is 0 Å². The first-order valence-electron chi connectivity index (χ1n) is 13.4. The Kier molecular flexibility index (Phi) is 7.33. The smallest absolute Gasteiger partial charge is 0.153 e. The van der Waals surface area contributed by atoms with Gasteiger partial charge in [-0.25, -0.2) is 34.3 Å². The number of hydrogen-bond donors (Lipinski definition) is 3. The van der Waals surface area contributed by atoms with Crippen LogP contribution in [0.3, 0.4) is 0 Å². The fraction of sp³-hybridized carbons (Fsp3) is 0.167. The lowest BCUT2D eigenvalue weighted by Crippen LogP contribution is -2.21. The van der Waals surface area contributed by atoms with Crippen LogP contribution >= 0.6 is 0 Å². The Hall–Kier alpha value is -5.52. The molecule has 0 bridgehead atoms. The van der Waals surface area contributed by atoms with Gasteiger partial charge in [0.1, 0.15) is 35.3 Å². The number of aromatic nitrogens is 7. The first kappa shape index (κ1) is 26.7. The van der Waals surface area contributed by atoms with Crippen molar-refractivity contribution in [2.75, 3.05) is 35.2 Å². The number of rotatable bonds is 4. The lowest BCUT2D eigenvalue weighted by molar-refractivity contribution is 0.586. The van der Waals surface area contributed by atoms with Gasteiger partial charge in [-0.05, 0) is 78.9 Å². The van der Waals surface area contributed by atoms with Crippen LogP contribution in [-0.2, 0) is 6.42 Å². The number of nitrogens with zero attached hydrogens (tertiary/aromatic N) is 8. The largest absolute Gasteiger partial charge is 0.399 e. The Balaban J connectivity index is 0.000000153. The fourth-order valence-electron chi connectivity index (χ4n) is 5.06. The molecule has 1 atom stereocenters. The monoisotopic (exact) mass is 561 g/mol. The summed E-state index contributed by atoms with van der Waals surface area (Å²) in [6, 6.07) is 15.9. The van der Waals surface area contributed by atoms with Crippen LogP contribution in [0.2, 0.25) is 0 Å².